The van der Waals surface area contributed by atoms with Gasteiger partial charge in [-0.3, -0.25) is 15.0 Å². The Balaban J connectivity index is 1.32. The number of anilines is 1. The van der Waals surface area contributed by atoms with Gasteiger partial charge in [0.25, 0.3) is 0 Å². The average molecular weight is 447 g/mol. The number of fused-ring (bicyclic) bond motifs is 1. The predicted octanol–water partition coefficient (Wildman–Crippen LogP) is 3.49. The quantitative estimate of drug-likeness (QED) is 0.623. The largest absolute Gasteiger partial charge is 0.419 e. The van der Waals surface area contributed by atoms with Crippen molar-refractivity contribution < 1.29 is 17.6 Å². The van der Waals surface area contributed by atoms with Gasteiger partial charge in [0.1, 0.15) is 24.1 Å². The highest BCUT2D eigenvalue weighted by Crippen LogP contribution is 2.34. The predicted molar refractivity (Wildman–Crippen MR) is 111 cm³/mol. The van der Waals surface area contributed by atoms with Gasteiger partial charge in [-0.15, -0.1) is 0 Å². The number of aromatic amines is 1. The van der Waals surface area contributed by atoms with Crippen molar-refractivity contribution in [2.24, 2.45) is 10.9 Å². The van der Waals surface area contributed by atoms with Gasteiger partial charge in [-0.1, -0.05) is 6.07 Å². The molecule has 2 aromatic heterocycles. The minimum absolute atomic E-state index is 0.120. The number of hydrogen-bond acceptors (Lipinski definition) is 6. The van der Waals surface area contributed by atoms with Crippen LogP contribution in [0.25, 0.3) is 11.0 Å². The normalized spacial score (nSPS) is 20.8. The standard InChI is InChI=1S/C21H21F4N7/c1-31-10-17(13-2-3-16(22)15(8-13)21(23,24)25)29-19(31)12-4-6-32(7-5-12)20-14-9-28-30-18(14)26-11-27-20/h2-3,8-9,11-12,19H,4-7,10H2,1H3,(H,26,27,28,30). The molecule has 7 nitrogen and oxygen atoms in total. The van der Waals surface area contributed by atoms with E-state index in [-0.39, 0.29) is 12.1 Å². The first-order valence-electron chi connectivity index (χ1n) is 10.3. The maximum atomic E-state index is 13.7. The fourth-order valence-electron chi connectivity index (χ4n) is 4.60. The van der Waals surface area contributed by atoms with Crippen LogP contribution in [-0.4, -0.2) is 63.6 Å². The highest BCUT2D eigenvalue weighted by molar-refractivity contribution is 6.03. The Kier molecular flexibility index (Phi) is 5.07. The summed E-state index contributed by atoms with van der Waals surface area (Å²) in [5.74, 6) is -0.163. The van der Waals surface area contributed by atoms with E-state index in [4.69, 9.17) is 4.99 Å². The number of aromatic nitrogens is 4. The number of likely N-dealkylation sites (N-methyl/N-ethyl adjacent to an activating group) is 1. The molecule has 0 amide bonds. The van der Waals surface area contributed by atoms with Gasteiger partial charge in [-0.05, 0) is 43.5 Å². The molecule has 32 heavy (non-hydrogen) atoms. The van der Waals surface area contributed by atoms with Crippen molar-refractivity contribution in [1.82, 2.24) is 25.1 Å². The summed E-state index contributed by atoms with van der Waals surface area (Å²) in [5.41, 5.74) is 0.308. The van der Waals surface area contributed by atoms with Crippen molar-refractivity contribution in [3.05, 3.63) is 47.7 Å². The molecule has 3 aromatic rings. The lowest BCUT2D eigenvalue weighted by atomic mass is 9.93. The van der Waals surface area contributed by atoms with Crippen LogP contribution in [0.1, 0.15) is 24.0 Å². The Labute approximate surface area is 181 Å². The van der Waals surface area contributed by atoms with Crippen molar-refractivity contribution in [1.29, 1.82) is 0 Å². The summed E-state index contributed by atoms with van der Waals surface area (Å²) in [7, 11) is 1.92. The molecule has 1 saturated heterocycles. The minimum atomic E-state index is -4.74. The van der Waals surface area contributed by atoms with E-state index in [2.05, 4.69) is 25.1 Å². The molecule has 0 spiro atoms. The summed E-state index contributed by atoms with van der Waals surface area (Å²) in [4.78, 5) is 17.6. The van der Waals surface area contributed by atoms with E-state index in [1.807, 2.05) is 11.9 Å². The number of piperidine rings is 1. The van der Waals surface area contributed by atoms with E-state index < -0.39 is 17.6 Å². The highest BCUT2D eigenvalue weighted by Gasteiger charge is 2.37. The summed E-state index contributed by atoms with van der Waals surface area (Å²) in [5, 5.41) is 7.76. The second-order valence-electron chi connectivity index (χ2n) is 8.25. The molecule has 0 saturated carbocycles. The van der Waals surface area contributed by atoms with Gasteiger partial charge in [0, 0.05) is 19.6 Å². The van der Waals surface area contributed by atoms with Crippen LogP contribution in [-0.2, 0) is 6.18 Å². The first kappa shape index (κ1) is 20.8. The molecule has 1 aromatic carbocycles. The van der Waals surface area contributed by atoms with Gasteiger partial charge in [0.05, 0.1) is 22.9 Å². The van der Waals surface area contributed by atoms with Crippen LogP contribution < -0.4 is 4.90 Å². The molecule has 1 atom stereocenters. The van der Waals surface area contributed by atoms with Crippen molar-refractivity contribution in [2.75, 3.05) is 31.6 Å². The molecular formula is C21H21F4N7. The lowest BCUT2D eigenvalue weighted by Gasteiger charge is -2.36. The minimum Gasteiger partial charge on any atom is -0.356 e. The fourth-order valence-corrected chi connectivity index (χ4v) is 4.60. The molecule has 168 valence electrons. The first-order chi connectivity index (χ1) is 15.3. The van der Waals surface area contributed by atoms with E-state index in [0.717, 1.165) is 49.3 Å². The van der Waals surface area contributed by atoms with Crippen LogP contribution in [0.5, 0.6) is 0 Å². The molecule has 4 heterocycles. The number of nitrogens with zero attached hydrogens (tertiary/aromatic N) is 6. The lowest BCUT2D eigenvalue weighted by molar-refractivity contribution is -0.140. The van der Waals surface area contributed by atoms with Crippen LogP contribution >= 0.6 is 0 Å². The SMILES string of the molecule is CN1CC(c2ccc(F)c(C(F)(F)F)c2)=NC1C1CCN(c2ncnc3[nH]ncc23)CC1. The molecule has 0 bridgehead atoms. The molecule has 1 unspecified atom stereocenters. The summed E-state index contributed by atoms with van der Waals surface area (Å²) < 4.78 is 53.0. The second kappa shape index (κ2) is 7.80. The number of alkyl halides is 3. The zero-order chi connectivity index (χ0) is 22.5. The Morgan fingerprint density at radius 1 is 1.12 bits per heavy atom. The second-order valence-corrected chi connectivity index (χ2v) is 8.25. The van der Waals surface area contributed by atoms with E-state index in [1.165, 1.54) is 12.4 Å². The van der Waals surface area contributed by atoms with Gasteiger partial charge in [-0.2, -0.15) is 18.3 Å². The lowest BCUT2D eigenvalue weighted by Crippen LogP contribution is -2.42. The molecule has 1 fully saturated rings. The van der Waals surface area contributed by atoms with Crippen LogP contribution in [0, 0.1) is 11.7 Å². The highest BCUT2D eigenvalue weighted by atomic mass is 19.4. The molecule has 1 N–H and O–H groups in total. The Hall–Kier alpha value is -3.08. The third-order valence-corrected chi connectivity index (χ3v) is 6.23. The Morgan fingerprint density at radius 3 is 2.66 bits per heavy atom. The Bertz CT molecular complexity index is 1160. The summed E-state index contributed by atoms with van der Waals surface area (Å²) in [6.45, 7) is 1.99. The topological polar surface area (TPSA) is 73.3 Å². The van der Waals surface area contributed by atoms with Crippen LogP contribution in [0.15, 0.2) is 35.7 Å². The maximum Gasteiger partial charge on any atom is 0.419 e. The number of nitrogens with one attached hydrogen (secondary N) is 1. The van der Waals surface area contributed by atoms with Crippen molar-refractivity contribution >= 4 is 22.6 Å². The van der Waals surface area contributed by atoms with Gasteiger partial charge in [0.15, 0.2) is 5.65 Å². The van der Waals surface area contributed by atoms with Gasteiger partial charge < -0.3 is 4.90 Å². The molecule has 5 rings (SSSR count). The van der Waals surface area contributed by atoms with Crippen molar-refractivity contribution in [3.8, 4) is 0 Å². The number of H-pyrrole nitrogens is 1. The van der Waals surface area contributed by atoms with E-state index >= 15 is 0 Å². The fraction of sp³-hybridized carbons (Fsp3) is 0.429. The Morgan fingerprint density at radius 2 is 1.91 bits per heavy atom. The van der Waals surface area contributed by atoms with Crippen LogP contribution in [0.2, 0.25) is 0 Å². The average Bonchev–Trinajstić information content (AvgIpc) is 3.40. The molecule has 2 aliphatic heterocycles. The first-order valence-corrected chi connectivity index (χ1v) is 10.3. The molecule has 11 heteroatoms. The van der Waals surface area contributed by atoms with Gasteiger partial charge in [-0.25, -0.2) is 14.4 Å². The van der Waals surface area contributed by atoms with Crippen molar-refractivity contribution in [3.63, 3.8) is 0 Å². The summed E-state index contributed by atoms with van der Waals surface area (Å²) >= 11 is 0. The summed E-state index contributed by atoms with van der Waals surface area (Å²) in [6.07, 6.45) is 0.111. The molecule has 0 aliphatic carbocycles. The number of rotatable bonds is 3. The third kappa shape index (κ3) is 3.70. The zero-order valence-electron chi connectivity index (χ0n) is 17.3. The number of halogens is 4. The van der Waals surface area contributed by atoms with Gasteiger partial charge in [0.2, 0.25) is 0 Å². The van der Waals surface area contributed by atoms with Gasteiger partial charge >= 0.3 is 6.18 Å². The van der Waals surface area contributed by atoms with E-state index in [0.29, 0.717) is 23.5 Å². The molecule has 0 radical (unpaired) electrons. The zero-order valence-corrected chi connectivity index (χ0v) is 17.3. The smallest absolute Gasteiger partial charge is 0.356 e. The third-order valence-electron chi connectivity index (χ3n) is 6.23. The molecular weight excluding hydrogens is 426 g/mol. The number of hydrogen-bond donors (Lipinski definition) is 1. The maximum absolute atomic E-state index is 13.7. The van der Waals surface area contributed by atoms with E-state index in [9.17, 15) is 17.6 Å². The number of benzene rings is 1. The monoisotopic (exact) mass is 447 g/mol. The van der Waals surface area contributed by atoms with E-state index in [1.54, 1.807) is 6.20 Å². The van der Waals surface area contributed by atoms with Crippen LogP contribution in [0.3, 0.4) is 0 Å². The van der Waals surface area contributed by atoms with Crippen molar-refractivity contribution in [2.45, 2.75) is 25.2 Å². The number of aliphatic imine (C=N–C) groups is 1. The molecule has 2 aliphatic rings. The van der Waals surface area contributed by atoms with Crippen LogP contribution in [0.4, 0.5) is 23.4 Å². The summed E-state index contributed by atoms with van der Waals surface area (Å²) in [6, 6.07) is 3.09.